The average molecular weight is 214 g/mol. The normalized spacial score (nSPS) is 12.2. The van der Waals surface area contributed by atoms with Gasteiger partial charge in [-0.15, -0.1) is 0 Å². The van der Waals surface area contributed by atoms with Gasteiger partial charge in [-0.2, -0.15) is 0 Å². The van der Waals surface area contributed by atoms with Crippen molar-refractivity contribution in [1.82, 2.24) is 10.2 Å². The van der Waals surface area contributed by atoms with Gasteiger partial charge in [0, 0.05) is 6.54 Å². The number of amides is 1. The van der Waals surface area contributed by atoms with Gasteiger partial charge in [-0.05, 0) is 33.0 Å². The summed E-state index contributed by atoms with van der Waals surface area (Å²) in [6, 6.07) is -0.495. The van der Waals surface area contributed by atoms with Crippen LogP contribution in [-0.4, -0.2) is 48.6 Å². The molecule has 1 unspecified atom stereocenters. The van der Waals surface area contributed by atoms with Crippen molar-refractivity contribution < 1.29 is 14.7 Å². The summed E-state index contributed by atoms with van der Waals surface area (Å²) in [5.41, 5.74) is 0. The molecule has 0 spiro atoms. The number of carboxylic acid groups (broad SMARTS) is 1. The Balaban J connectivity index is 3.77. The Morgan fingerprint density at radius 2 is 2.13 bits per heavy atom. The van der Waals surface area contributed by atoms with Crippen molar-refractivity contribution in [2.75, 3.05) is 20.6 Å². The Morgan fingerprint density at radius 3 is 2.53 bits per heavy atom. The third-order valence-corrected chi connectivity index (χ3v) is 2.05. The van der Waals surface area contributed by atoms with Crippen molar-refractivity contribution in [2.24, 2.45) is 0 Å². The maximum absolute atomic E-state index is 10.8. The Hall–Kier alpha value is -1.36. The molecule has 0 aromatic rings. The van der Waals surface area contributed by atoms with E-state index >= 15 is 0 Å². The van der Waals surface area contributed by atoms with Gasteiger partial charge in [0.2, 0.25) is 5.91 Å². The molecule has 0 saturated carbocycles. The minimum absolute atomic E-state index is 0.230. The maximum Gasteiger partial charge on any atom is 0.320 e. The molecule has 0 heterocycles. The van der Waals surface area contributed by atoms with E-state index in [2.05, 4.69) is 11.9 Å². The number of nitrogens with zero attached hydrogens (tertiary/aromatic N) is 1. The molecule has 0 fully saturated rings. The quantitative estimate of drug-likeness (QED) is 0.465. The summed E-state index contributed by atoms with van der Waals surface area (Å²) in [7, 11) is 3.45. The topological polar surface area (TPSA) is 69.6 Å². The lowest BCUT2D eigenvalue weighted by Gasteiger charge is -2.19. The first kappa shape index (κ1) is 13.6. The van der Waals surface area contributed by atoms with Gasteiger partial charge < -0.3 is 10.4 Å². The molecule has 0 saturated heterocycles. The Labute approximate surface area is 89.8 Å². The molecule has 0 bridgehead atoms. The van der Waals surface area contributed by atoms with Crippen LogP contribution in [0.2, 0.25) is 0 Å². The average Bonchev–Trinajstić information content (AvgIpc) is 2.15. The number of hydrogen-bond acceptors (Lipinski definition) is 3. The molecule has 0 aliphatic carbocycles. The van der Waals surface area contributed by atoms with Crippen LogP contribution in [0.25, 0.3) is 0 Å². The lowest BCUT2D eigenvalue weighted by atomic mass is 10.1. The van der Waals surface area contributed by atoms with Crippen LogP contribution < -0.4 is 5.32 Å². The monoisotopic (exact) mass is 214 g/mol. The highest BCUT2D eigenvalue weighted by atomic mass is 16.4. The van der Waals surface area contributed by atoms with E-state index in [0.29, 0.717) is 19.4 Å². The molecule has 0 rings (SSSR count). The molecule has 0 aliphatic rings. The number of nitrogens with one attached hydrogen (secondary N) is 1. The van der Waals surface area contributed by atoms with E-state index in [1.165, 1.54) is 6.08 Å². The van der Waals surface area contributed by atoms with Crippen LogP contribution >= 0.6 is 0 Å². The standard InChI is InChI=1S/C10H18N2O3/c1-4-9(13)11-7-5-6-8(10(14)15)12(2)3/h4,8H,1,5-7H2,2-3H3,(H,11,13)(H,14,15). The van der Waals surface area contributed by atoms with E-state index in [1.807, 2.05) is 0 Å². The third kappa shape index (κ3) is 5.85. The van der Waals surface area contributed by atoms with Gasteiger partial charge in [-0.1, -0.05) is 6.58 Å². The molecule has 0 aliphatic heterocycles. The van der Waals surface area contributed by atoms with Crippen molar-refractivity contribution >= 4 is 11.9 Å². The zero-order valence-electron chi connectivity index (χ0n) is 9.19. The largest absolute Gasteiger partial charge is 0.480 e. The smallest absolute Gasteiger partial charge is 0.320 e. The van der Waals surface area contributed by atoms with Gasteiger partial charge in [0.1, 0.15) is 6.04 Å². The summed E-state index contributed by atoms with van der Waals surface area (Å²) in [6.07, 6.45) is 2.34. The van der Waals surface area contributed by atoms with Gasteiger partial charge in [0.05, 0.1) is 0 Å². The van der Waals surface area contributed by atoms with E-state index < -0.39 is 12.0 Å². The predicted molar refractivity (Wildman–Crippen MR) is 57.6 cm³/mol. The number of likely N-dealkylation sites (N-methyl/N-ethyl adjacent to an activating group) is 1. The zero-order valence-corrected chi connectivity index (χ0v) is 9.19. The predicted octanol–water partition coefficient (Wildman–Crippen LogP) is 0.0836. The van der Waals surface area contributed by atoms with E-state index in [1.54, 1.807) is 19.0 Å². The fraction of sp³-hybridized carbons (Fsp3) is 0.600. The van der Waals surface area contributed by atoms with E-state index in [0.717, 1.165) is 0 Å². The van der Waals surface area contributed by atoms with Crippen LogP contribution in [0.5, 0.6) is 0 Å². The van der Waals surface area contributed by atoms with Gasteiger partial charge in [0.25, 0.3) is 0 Å². The number of aliphatic carboxylic acids is 1. The highest BCUT2D eigenvalue weighted by Crippen LogP contribution is 2.02. The molecule has 2 N–H and O–H groups in total. The number of rotatable bonds is 7. The first-order valence-electron chi connectivity index (χ1n) is 4.78. The Kier molecular flexibility index (Phi) is 6.37. The minimum Gasteiger partial charge on any atom is -0.480 e. The van der Waals surface area contributed by atoms with Crippen molar-refractivity contribution in [3.63, 3.8) is 0 Å². The van der Waals surface area contributed by atoms with Crippen LogP contribution in [0.1, 0.15) is 12.8 Å². The van der Waals surface area contributed by atoms with E-state index in [-0.39, 0.29) is 5.91 Å². The van der Waals surface area contributed by atoms with Crippen LogP contribution in [0.4, 0.5) is 0 Å². The molecule has 0 radical (unpaired) electrons. The molecular weight excluding hydrogens is 196 g/mol. The first-order chi connectivity index (χ1) is 6.99. The second-order valence-electron chi connectivity index (χ2n) is 3.46. The van der Waals surface area contributed by atoms with Crippen LogP contribution in [0.3, 0.4) is 0 Å². The molecule has 5 nitrogen and oxygen atoms in total. The number of hydrogen-bond donors (Lipinski definition) is 2. The summed E-state index contributed by atoms with van der Waals surface area (Å²) in [5.74, 6) is -1.07. The SMILES string of the molecule is C=CC(=O)NCCCC(C(=O)O)N(C)C. The third-order valence-electron chi connectivity index (χ3n) is 2.05. The fourth-order valence-electron chi connectivity index (χ4n) is 1.18. The lowest BCUT2D eigenvalue weighted by Crippen LogP contribution is -2.36. The molecule has 1 atom stereocenters. The lowest BCUT2D eigenvalue weighted by molar-refractivity contribution is -0.142. The van der Waals surface area contributed by atoms with Gasteiger partial charge in [0.15, 0.2) is 0 Å². The molecular formula is C10H18N2O3. The van der Waals surface area contributed by atoms with Crippen LogP contribution in [0, 0.1) is 0 Å². The molecule has 0 aromatic heterocycles. The van der Waals surface area contributed by atoms with Crippen molar-refractivity contribution in [3.8, 4) is 0 Å². The van der Waals surface area contributed by atoms with Crippen molar-refractivity contribution in [1.29, 1.82) is 0 Å². The van der Waals surface area contributed by atoms with Crippen molar-refractivity contribution in [2.45, 2.75) is 18.9 Å². The highest BCUT2D eigenvalue weighted by Gasteiger charge is 2.18. The first-order valence-corrected chi connectivity index (χ1v) is 4.78. The van der Waals surface area contributed by atoms with Gasteiger partial charge >= 0.3 is 5.97 Å². The van der Waals surface area contributed by atoms with Crippen LogP contribution in [-0.2, 0) is 9.59 Å². The number of carbonyl (C=O) groups is 2. The van der Waals surface area contributed by atoms with E-state index in [9.17, 15) is 9.59 Å². The summed E-state index contributed by atoms with van der Waals surface area (Å²) in [4.78, 5) is 23.2. The fourth-order valence-corrected chi connectivity index (χ4v) is 1.18. The maximum atomic E-state index is 10.8. The molecule has 15 heavy (non-hydrogen) atoms. The van der Waals surface area contributed by atoms with Gasteiger partial charge in [-0.3, -0.25) is 14.5 Å². The molecule has 1 amide bonds. The summed E-state index contributed by atoms with van der Waals surface area (Å²) in [5, 5.41) is 11.5. The molecule has 0 aromatic carbocycles. The van der Waals surface area contributed by atoms with Crippen LogP contribution in [0.15, 0.2) is 12.7 Å². The Bertz CT molecular complexity index is 239. The summed E-state index contributed by atoms with van der Waals surface area (Å²) in [6.45, 7) is 3.79. The molecule has 5 heteroatoms. The Morgan fingerprint density at radius 1 is 1.53 bits per heavy atom. The minimum atomic E-state index is -0.838. The number of carbonyl (C=O) groups excluding carboxylic acids is 1. The second kappa shape index (κ2) is 7.00. The van der Waals surface area contributed by atoms with Crippen molar-refractivity contribution in [3.05, 3.63) is 12.7 Å². The summed E-state index contributed by atoms with van der Waals surface area (Å²) >= 11 is 0. The summed E-state index contributed by atoms with van der Waals surface area (Å²) < 4.78 is 0. The number of carboxylic acids is 1. The zero-order chi connectivity index (χ0) is 11.8. The second-order valence-corrected chi connectivity index (χ2v) is 3.46. The highest BCUT2D eigenvalue weighted by molar-refractivity contribution is 5.86. The molecule has 86 valence electrons. The van der Waals surface area contributed by atoms with E-state index in [4.69, 9.17) is 5.11 Å². The van der Waals surface area contributed by atoms with Gasteiger partial charge in [-0.25, -0.2) is 0 Å².